The van der Waals surface area contributed by atoms with Crippen molar-refractivity contribution >= 4 is 23.1 Å². The van der Waals surface area contributed by atoms with Crippen molar-refractivity contribution in [2.24, 2.45) is 5.10 Å². The van der Waals surface area contributed by atoms with Gasteiger partial charge in [-0.2, -0.15) is 9.78 Å². The summed E-state index contributed by atoms with van der Waals surface area (Å²) in [5, 5.41) is 4.91. The molecule has 0 aliphatic carbocycles. The topological polar surface area (TPSA) is 110 Å². The molecule has 0 radical (unpaired) electrons. The van der Waals surface area contributed by atoms with Gasteiger partial charge in [0, 0.05) is 5.56 Å². The predicted octanol–water partition coefficient (Wildman–Crippen LogP) is 5.20. The van der Waals surface area contributed by atoms with Gasteiger partial charge < -0.3 is 23.7 Å². The molecule has 0 aliphatic rings. The van der Waals surface area contributed by atoms with Gasteiger partial charge in [-0.25, -0.2) is 9.78 Å². The number of rotatable bonds is 9. The van der Waals surface area contributed by atoms with Crippen LogP contribution in [-0.4, -0.2) is 50.3 Å². The van der Waals surface area contributed by atoms with E-state index in [4.69, 9.17) is 28.7 Å². The number of carbonyl (C=O) groups is 1. The Hall–Kier alpha value is -5.64. The van der Waals surface area contributed by atoms with Crippen LogP contribution < -0.4 is 29.2 Å². The quantitative estimate of drug-likeness (QED) is 0.136. The van der Waals surface area contributed by atoms with Crippen LogP contribution in [0.2, 0.25) is 0 Å². The molecule has 0 saturated carbocycles. The normalized spacial score (nSPS) is 11.0. The highest BCUT2D eigenvalue weighted by Gasteiger charge is 2.19. The van der Waals surface area contributed by atoms with Crippen molar-refractivity contribution in [2.45, 2.75) is 0 Å². The Balaban J connectivity index is 1.58. The van der Waals surface area contributed by atoms with Crippen molar-refractivity contribution in [3.63, 3.8) is 0 Å². The molecule has 10 heteroatoms. The standard InChI is InChI=1S/C32H27N3O7/c1-38-26-16-20(14-15-25(26)42-32(37)21-10-6-5-7-11-21)19-33-35-30(34-24-13-9-8-12-23(24)31(35)36)22-17-27(39-2)29(41-4)28(18-22)40-3/h5-19H,1-4H3. The second-order valence-corrected chi connectivity index (χ2v) is 8.89. The lowest BCUT2D eigenvalue weighted by atomic mass is 10.1. The Labute approximate surface area is 241 Å². The van der Waals surface area contributed by atoms with E-state index in [1.54, 1.807) is 78.9 Å². The van der Waals surface area contributed by atoms with Crippen molar-refractivity contribution in [3.05, 3.63) is 106 Å². The van der Waals surface area contributed by atoms with Crippen LogP contribution in [0.25, 0.3) is 22.3 Å². The Kier molecular flexibility index (Phi) is 8.14. The Morgan fingerprint density at radius 3 is 2.10 bits per heavy atom. The van der Waals surface area contributed by atoms with E-state index in [2.05, 4.69) is 5.10 Å². The lowest BCUT2D eigenvalue weighted by Crippen LogP contribution is -2.20. The van der Waals surface area contributed by atoms with E-state index in [1.807, 2.05) is 6.07 Å². The molecule has 4 aromatic carbocycles. The SMILES string of the molecule is COc1cc(C=Nn2c(-c3cc(OC)c(OC)c(OC)c3)nc3ccccc3c2=O)ccc1OC(=O)c1ccccc1. The van der Waals surface area contributed by atoms with Gasteiger partial charge in [0.1, 0.15) is 0 Å². The van der Waals surface area contributed by atoms with Crippen LogP contribution in [0.15, 0.2) is 94.8 Å². The fourth-order valence-electron chi connectivity index (χ4n) is 4.33. The molecule has 10 nitrogen and oxygen atoms in total. The highest BCUT2D eigenvalue weighted by molar-refractivity contribution is 5.91. The van der Waals surface area contributed by atoms with E-state index in [-0.39, 0.29) is 17.1 Å². The second kappa shape index (κ2) is 12.3. The van der Waals surface area contributed by atoms with Gasteiger partial charge in [-0.05, 0) is 60.2 Å². The second-order valence-electron chi connectivity index (χ2n) is 8.89. The first-order valence-electron chi connectivity index (χ1n) is 12.8. The molecule has 0 spiro atoms. The van der Waals surface area contributed by atoms with Crippen LogP contribution in [0.4, 0.5) is 0 Å². The zero-order chi connectivity index (χ0) is 29.6. The number of hydrogen-bond donors (Lipinski definition) is 0. The van der Waals surface area contributed by atoms with E-state index >= 15 is 0 Å². The number of hydrogen-bond acceptors (Lipinski definition) is 9. The molecule has 212 valence electrons. The van der Waals surface area contributed by atoms with E-state index in [9.17, 15) is 9.59 Å². The molecule has 0 aliphatic heterocycles. The molecule has 5 aromatic rings. The number of carbonyl (C=O) groups excluding carboxylic acids is 1. The lowest BCUT2D eigenvalue weighted by Gasteiger charge is -2.15. The average molecular weight is 566 g/mol. The summed E-state index contributed by atoms with van der Waals surface area (Å²) in [4.78, 5) is 30.9. The van der Waals surface area contributed by atoms with E-state index in [0.29, 0.717) is 50.6 Å². The minimum absolute atomic E-state index is 0.242. The van der Waals surface area contributed by atoms with E-state index in [1.165, 1.54) is 39.3 Å². The van der Waals surface area contributed by atoms with E-state index in [0.717, 1.165) is 0 Å². The summed E-state index contributed by atoms with van der Waals surface area (Å²) in [6, 6.07) is 24.0. The number of esters is 1. The number of ether oxygens (including phenoxy) is 5. The van der Waals surface area contributed by atoms with Crippen molar-refractivity contribution in [1.82, 2.24) is 9.66 Å². The van der Waals surface area contributed by atoms with Gasteiger partial charge in [-0.1, -0.05) is 30.3 Å². The molecule has 42 heavy (non-hydrogen) atoms. The fourth-order valence-corrected chi connectivity index (χ4v) is 4.33. The Morgan fingerprint density at radius 1 is 0.762 bits per heavy atom. The minimum Gasteiger partial charge on any atom is -0.493 e. The number of benzene rings is 4. The van der Waals surface area contributed by atoms with Crippen molar-refractivity contribution in [3.8, 4) is 40.1 Å². The molecule has 1 aromatic heterocycles. The van der Waals surface area contributed by atoms with Gasteiger partial charge in [0.25, 0.3) is 5.56 Å². The Morgan fingerprint density at radius 2 is 1.43 bits per heavy atom. The van der Waals surface area contributed by atoms with Gasteiger partial charge in [0.2, 0.25) is 5.75 Å². The third-order valence-corrected chi connectivity index (χ3v) is 6.40. The highest BCUT2D eigenvalue weighted by atomic mass is 16.6. The average Bonchev–Trinajstić information content (AvgIpc) is 3.04. The zero-order valence-corrected chi connectivity index (χ0v) is 23.4. The van der Waals surface area contributed by atoms with Crippen molar-refractivity contribution in [2.75, 3.05) is 28.4 Å². The summed E-state index contributed by atoms with van der Waals surface area (Å²) in [6.45, 7) is 0. The van der Waals surface area contributed by atoms with Crippen LogP contribution in [0, 0.1) is 0 Å². The maximum absolute atomic E-state index is 13.6. The summed E-state index contributed by atoms with van der Waals surface area (Å²) in [7, 11) is 6.00. The fraction of sp³-hybridized carbons (Fsp3) is 0.125. The minimum atomic E-state index is -0.515. The number of methoxy groups -OCH3 is 4. The van der Waals surface area contributed by atoms with Crippen LogP contribution in [-0.2, 0) is 0 Å². The summed E-state index contributed by atoms with van der Waals surface area (Å²) in [5.41, 5.74) is 1.64. The first-order valence-corrected chi connectivity index (χ1v) is 12.8. The molecule has 0 atom stereocenters. The Bertz CT molecular complexity index is 1820. The summed E-state index contributed by atoms with van der Waals surface area (Å²) >= 11 is 0. The van der Waals surface area contributed by atoms with Gasteiger partial charge in [-0.3, -0.25) is 4.79 Å². The zero-order valence-electron chi connectivity index (χ0n) is 23.4. The third kappa shape index (κ3) is 5.50. The molecule has 5 rings (SSSR count). The van der Waals surface area contributed by atoms with Crippen LogP contribution >= 0.6 is 0 Å². The molecule has 0 N–H and O–H groups in total. The van der Waals surface area contributed by atoms with Gasteiger partial charge in [-0.15, -0.1) is 0 Å². The van der Waals surface area contributed by atoms with Crippen molar-refractivity contribution in [1.29, 1.82) is 0 Å². The molecular formula is C32H27N3O7. The maximum atomic E-state index is 13.6. The lowest BCUT2D eigenvalue weighted by molar-refractivity contribution is 0.0729. The highest BCUT2D eigenvalue weighted by Crippen LogP contribution is 2.41. The molecule has 0 amide bonds. The largest absolute Gasteiger partial charge is 0.493 e. The third-order valence-electron chi connectivity index (χ3n) is 6.40. The monoisotopic (exact) mass is 565 g/mol. The van der Waals surface area contributed by atoms with E-state index < -0.39 is 5.97 Å². The molecular weight excluding hydrogens is 538 g/mol. The smallest absolute Gasteiger partial charge is 0.343 e. The molecule has 1 heterocycles. The summed E-state index contributed by atoms with van der Waals surface area (Å²) in [5.74, 6) is 1.50. The molecule has 0 fully saturated rings. The van der Waals surface area contributed by atoms with Gasteiger partial charge in [0.15, 0.2) is 28.8 Å². The number of para-hydroxylation sites is 1. The summed E-state index contributed by atoms with van der Waals surface area (Å²) < 4.78 is 28.7. The van der Waals surface area contributed by atoms with Crippen molar-refractivity contribution < 1.29 is 28.5 Å². The number of nitrogens with zero attached hydrogens (tertiary/aromatic N) is 3. The van der Waals surface area contributed by atoms with Gasteiger partial charge >= 0.3 is 5.97 Å². The molecule has 0 saturated heterocycles. The first kappa shape index (κ1) is 27.9. The number of fused-ring (bicyclic) bond motifs is 1. The van der Waals surface area contributed by atoms with Crippen LogP contribution in [0.5, 0.6) is 28.7 Å². The van der Waals surface area contributed by atoms with Gasteiger partial charge in [0.05, 0.1) is 51.1 Å². The molecule has 0 bridgehead atoms. The van der Waals surface area contributed by atoms with Crippen LogP contribution in [0.3, 0.4) is 0 Å². The summed E-state index contributed by atoms with van der Waals surface area (Å²) in [6.07, 6.45) is 1.49. The first-order chi connectivity index (χ1) is 20.5. The predicted molar refractivity (Wildman–Crippen MR) is 158 cm³/mol. The number of aromatic nitrogens is 2. The maximum Gasteiger partial charge on any atom is 0.343 e. The van der Waals surface area contributed by atoms with Crippen LogP contribution in [0.1, 0.15) is 15.9 Å². The molecule has 0 unspecified atom stereocenters.